The van der Waals surface area contributed by atoms with Gasteiger partial charge in [-0.3, -0.25) is 14.6 Å². The summed E-state index contributed by atoms with van der Waals surface area (Å²) in [6, 6.07) is 7.04. The summed E-state index contributed by atoms with van der Waals surface area (Å²) < 4.78 is 10.5. The van der Waals surface area contributed by atoms with Crippen LogP contribution in [0, 0.1) is 6.92 Å². The highest BCUT2D eigenvalue weighted by Gasteiger charge is 2.21. The van der Waals surface area contributed by atoms with Crippen molar-refractivity contribution in [3.05, 3.63) is 52.0 Å². The largest absolute Gasteiger partial charge is 0.493 e. The van der Waals surface area contributed by atoms with Crippen molar-refractivity contribution in [3.8, 4) is 11.5 Å². The lowest BCUT2D eigenvalue weighted by Crippen LogP contribution is -2.45. The number of piperidine rings is 1. The number of nitrogens with zero attached hydrogens (tertiary/aromatic N) is 2. The van der Waals surface area contributed by atoms with E-state index < -0.39 is 0 Å². The van der Waals surface area contributed by atoms with Gasteiger partial charge in [0.05, 0.1) is 14.2 Å². The first kappa shape index (κ1) is 20.4. The molecule has 1 fully saturated rings. The van der Waals surface area contributed by atoms with Crippen LogP contribution in [0.25, 0.3) is 6.08 Å². The summed E-state index contributed by atoms with van der Waals surface area (Å²) >= 11 is 0. The molecule has 2 heterocycles. The van der Waals surface area contributed by atoms with Crippen molar-refractivity contribution in [1.29, 1.82) is 0 Å². The molecule has 1 amide bonds. The molecule has 8 heteroatoms. The maximum Gasteiger partial charge on any atom is 0.252 e. The van der Waals surface area contributed by atoms with Gasteiger partial charge in [0.2, 0.25) is 11.9 Å². The van der Waals surface area contributed by atoms with E-state index in [1.54, 1.807) is 33.3 Å². The van der Waals surface area contributed by atoms with Crippen LogP contribution >= 0.6 is 0 Å². The zero-order valence-corrected chi connectivity index (χ0v) is 16.9. The molecule has 0 radical (unpaired) electrons. The number of anilines is 1. The van der Waals surface area contributed by atoms with E-state index in [9.17, 15) is 9.59 Å². The van der Waals surface area contributed by atoms with E-state index in [0.29, 0.717) is 23.1 Å². The number of ether oxygens (including phenoxy) is 2. The Kier molecular flexibility index (Phi) is 6.54. The number of rotatable bonds is 6. The molecule has 1 aromatic carbocycles. The lowest BCUT2D eigenvalue weighted by molar-refractivity contribution is -0.117. The Morgan fingerprint density at radius 1 is 1.21 bits per heavy atom. The Balaban J connectivity index is 1.53. The number of aromatic nitrogens is 2. The number of benzene rings is 1. The minimum Gasteiger partial charge on any atom is -0.493 e. The molecule has 0 bridgehead atoms. The van der Waals surface area contributed by atoms with Gasteiger partial charge < -0.3 is 19.7 Å². The summed E-state index contributed by atoms with van der Waals surface area (Å²) in [6.07, 6.45) is 4.84. The molecule has 1 aliphatic rings. The Morgan fingerprint density at radius 2 is 1.93 bits per heavy atom. The fraction of sp³-hybridized carbons (Fsp3) is 0.381. The quantitative estimate of drug-likeness (QED) is 0.722. The van der Waals surface area contributed by atoms with Gasteiger partial charge in [-0.25, -0.2) is 4.98 Å². The predicted octanol–water partition coefficient (Wildman–Crippen LogP) is 1.89. The Labute approximate surface area is 169 Å². The highest BCUT2D eigenvalue weighted by molar-refractivity contribution is 5.92. The number of H-pyrrole nitrogens is 1. The molecule has 0 unspecified atom stereocenters. The summed E-state index contributed by atoms with van der Waals surface area (Å²) in [4.78, 5) is 33.1. The summed E-state index contributed by atoms with van der Waals surface area (Å²) in [5, 5.41) is 3.03. The standard InChI is InChI=1S/C21H26N4O4/c1-14-12-20(27)24-21(22-14)25-10-8-16(9-11-25)23-19(26)7-5-15-4-6-17(28-2)18(13-15)29-3/h4-7,12-13,16H,8-11H2,1-3H3,(H,23,26)(H,22,24,27)/b7-5+. The molecule has 0 aliphatic carbocycles. The molecular formula is C21H26N4O4. The van der Waals surface area contributed by atoms with Crippen molar-refractivity contribution < 1.29 is 14.3 Å². The van der Waals surface area contributed by atoms with Crippen molar-refractivity contribution in [3.63, 3.8) is 0 Å². The number of amides is 1. The molecule has 0 saturated carbocycles. The second-order valence-electron chi connectivity index (χ2n) is 6.93. The number of aryl methyl sites for hydroxylation is 1. The highest BCUT2D eigenvalue weighted by atomic mass is 16.5. The van der Waals surface area contributed by atoms with Gasteiger partial charge in [0, 0.05) is 37.0 Å². The molecule has 2 aromatic rings. The topological polar surface area (TPSA) is 96.5 Å². The van der Waals surface area contributed by atoms with Crippen molar-refractivity contribution in [2.24, 2.45) is 0 Å². The number of methoxy groups -OCH3 is 2. The fourth-order valence-electron chi connectivity index (χ4n) is 3.33. The van der Waals surface area contributed by atoms with Gasteiger partial charge in [0.25, 0.3) is 5.56 Å². The maximum absolute atomic E-state index is 12.3. The van der Waals surface area contributed by atoms with Crippen LogP contribution < -0.4 is 25.2 Å². The first-order valence-corrected chi connectivity index (χ1v) is 9.52. The van der Waals surface area contributed by atoms with Gasteiger partial charge in [0.1, 0.15) is 0 Å². The SMILES string of the molecule is COc1ccc(/C=C/C(=O)NC2CCN(c3nc(C)cc(=O)[nH]3)CC2)cc1OC. The third-order valence-electron chi connectivity index (χ3n) is 4.83. The third kappa shape index (κ3) is 5.37. The first-order valence-electron chi connectivity index (χ1n) is 9.52. The van der Waals surface area contributed by atoms with Crippen LogP contribution in [0.3, 0.4) is 0 Å². The monoisotopic (exact) mass is 398 g/mol. The highest BCUT2D eigenvalue weighted by Crippen LogP contribution is 2.28. The summed E-state index contributed by atoms with van der Waals surface area (Å²) in [5.74, 6) is 1.71. The van der Waals surface area contributed by atoms with E-state index in [0.717, 1.165) is 31.5 Å². The lowest BCUT2D eigenvalue weighted by atomic mass is 10.1. The average Bonchev–Trinajstić information content (AvgIpc) is 2.71. The van der Waals surface area contributed by atoms with Gasteiger partial charge in [-0.15, -0.1) is 0 Å². The summed E-state index contributed by atoms with van der Waals surface area (Å²) in [6.45, 7) is 3.24. The number of hydrogen-bond acceptors (Lipinski definition) is 6. The normalized spacial score (nSPS) is 14.8. The molecule has 154 valence electrons. The number of carbonyl (C=O) groups excluding carboxylic acids is 1. The van der Waals surface area contributed by atoms with Crippen LogP contribution in [-0.4, -0.2) is 49.2 Å². The van der Waals surface area contributed by atoms with Crippen LogP contribution in [0.15, 0.2) is 35.1 Å². The number of hydrogen-bond donors (Lipinski definition) is 2. The minimum absolute atomic E-state index is 0.0883. The second kappa shape index (κ2) is 9.27. The van der Waals surface area contributed by atoms with Crippen molar-refractivity contribution >= 4 is 17.9 Å². The van der Waals surface area contributed by atoms with Gasteiger partial charge in [-0.1, -0.05) is 6.07 Å². The van der Waals surface area contributed by atoms with Crippen LogP contribution in [-0.2, 0) is 4.79 Å². The Hall–Kier alpha value is -3.29. The molecular weight excluding hydrogens is 372 g/mol. The molecule has 1 aliphatic heterocycles. The smallest absolute Gasteiger partial charge is 0.252 e. The Morgan fingerprint density at radius 3 is 2.59 bits per heavy atom. The van der Waals surface area contributed by atoms with Crippen LogP contribution in [0.5, 0.6) is 11.5 Å². The lowest BCUT2D eigenvalue weighted by Gasteiger charge is -2.32. The van der Waals surface area contributed by atoms with E-state index in [1.807, 2.05) is 17.0 Å². The molecule has 29 heavy (non-hydrogen) atoms. The van der Waals surface area contributed by atoms with Crippen molar-refractivity contribution in [2.75, 3.05) is 32.2 Å². The number of aromatic amines is 1. The van der Waals surface area contributed by atoms with Gasteiger partial charge in [-0.2, -0.15) is 0 Å². The third-order valence-corrected chi connectivity index (χ3v) is 4.83. The molecule has 0 atom stereocenters. The van der Waals surface area contributed by atoms with Gasteiger partial charge in [0.15, 0.2) is 11.5 Å². The Bertz CT molecular complexity index is 946. The molecule has 2 N–H and O–H groups in total. The zero-order chi connectivity index (χ0) is 20.8. The van der Waals surface area contributed by atoms with E-state index in [1.165, 1.54) is 12.1 Å². The van der Waals surface area contributed by atoms with Gasteiger partial charge >= 0.3 is 0 Å². The average molecular weight is 398 g/mol. The molecule has 8 nitrogen and oxygen atoms in total. The van der Waals surface area contributed by atoms with Crippen LogP contribution in [0.1, 0.15) is 24.1 Å². The minimum atomic E-state index is -0.150. The first-order chi connectivity index (χ1) is 14.0. The maximum atomic E-state index is 12.3. The summed E-state index contributed by atoms with van der Waals surface area (Å²) in [7, 11) is 3.16. The zero-order valence-electron chi connectivity index (χ0n) is 16.9. The number of nitrogens with one attached hydrogen (secondary N) is 2. The molecule has 0 spiro atoms. The van der Waals surface area contributed by atoms with E-state index in [4.69, 9.17) is 9.47 Å². The fourth-order valence-corrected chi connectivity index (χ4v) is 3.33. The summed E-state index contributed by atoms with van der Waals surface area (Å²) in [5.41, 5.74) is 1.39. The molecule has 3 rings (SSSR count). The van der Waals surface area contributed by atoms with E-state index in [2.05, 4.69) is 15.3 Å². The molecule has 1 saturated heterocycles. The van der Waals surface area contributed by atoms with Crippen LogP contribution in [0.4, 0.5) is 5.95 Å². The van der Waals surface area contributed by atoms with Gasteiger partial charge in [-0.05, 0) is 43.5 Å². The van der Waals surface area contributed by atoms with E-state index >= 15 is 0 Å². The van der Waals surface area contributed by atoms with E-state index in [-0.39, 0.29) is 17.5 Å². The molecule has 1 aromatic heterocycles. The second-order valence-corrected chi connectivity index (χ2v) is 6.93. The van der Waals surface area contributed by atoms with Crippen molar-refractivity contribution in [1.82, 2.24) is 15.3 Å². The van der Waals surface area contributed by atoms with Crippen molar-refractivity contribution in [2.45, 2.75) is 25.8 Å². The number of carbonyl (C=O) groups is 1. The van der Waals surface area contributed by atoms with Crippen LogP contribution in [0.2, 0.25) is 0 Å². The predicted molar refractivity (Wildman–Crippen MR) is 112 cm³/mol.